The zero-order chi connectivity index (χ0) is 20.1. The predicted octanol–water partition coefficient (Wildman–Crippen LogP) is -1.88. The van der Waals surface area contributed by atoms with Crippen molar-refractivity contribution in [3.8, 4) is 0 Å². The van der Waals surface area contributed by atoms with Crippen molar-refractivity contribution in [2.45, 2.75) is 62.7 Å². The standard InChI is InChI=1S/C10H12N2O8.C6H13N/c13-2-4-6(15)7(16)8(20-4)12-3(9(17)18)1-5(14)11-10(12)19;7-6-4-2-1-3-5-6/h1,4,6-8,13,15-16H,2H2,(H,17,18)(H,11,14,19);6H,1-5,7H2/t4-,6-,7-,8-;/m1./s1. The van der Waals surface area contributed by atoms with Crippen LogP contribution in [0.25, 0.3) is 0 Å². The van der Waals surface area contributed by atoms with E-state index in [0.717, 1.165) is 0 Å². The Hall–Kier alpha value is -2.05. The molecule has 27 heavy (non-hydrogen) atoms. The molecule has 1 saturated carbocycles. The number of ether oxygens (including phenoxy) is 1. The van der Waals surface area contributed by atoms with Crippen LogP contribution in [0.4, 0.5) is 0 Å². The number of nitrogens with one attached hydrogen (secondary N) is 1. The van der Waals surface area contributed by atoms with Crippen molar-refractivity contribution in [2.75, 3.05) is 6.61 Å². The van der Waals surface area contributed by atoms with Gasteiger partial charge in [-0.1, -0.05) is 19.3 Å². The summed E-state index contributed by atoms with van der Waals surface area (Å²) in [7, 11) is 0. The average molecular weight is 387 g/mol. The van der Waals surface area contributed by atoms with Gasteiger partial charge in [0, 0.05) is 12.1 Å². The molecule has 1 aliphatic heterocycles. The van der Waals surface area contributed by atoms with E-state index in [4.69, 9.17) is 20.7 Å². The Bertz CT molecular complexity index is 755. The zero-order valence-corrected chi connectivity index (χ0v) is 14.7. The second kappa shape index (κ2) is 9.24. The molecule has 0 unspecified atom stereocenters. The third-order valence-electron chi connectivity index (χ3n) is 4.62. The van der Waals surface area contributed by atoms with Gasteiger partial charge in [-0.3, -0.25) is 14.3 Å². The average Bonchev–Trinajstić information content (AvgIpc) is 2.90. The highest BCUT2D eigenvalue weighted by atomic mass is 16.6. The van der Waals surface area contributed by atoms with E-state index in [1.165, 1.54) is 32.1 Å². The summed E-state index contributed by atoms with van der Waals surface area (Å²) in [6.07, 6.45) is 0.836. The van der Waals surface area contributed by atoms with Gasteiger partial charge in [-0.2, -0.15) is 0 Å². The lowest BCUT2D eigenvalue weighted by atomic mass is 9.97. The molecule has 7 N–H and O–H groups in total. The molecule has 0 amide bonds. The number of rotatable bonds is 3. The molecular weight excluding hydrogens is 362 g/mol. The molecule has 1 aromatic heterocycles. The number of nitrogens with zero attached hydrogens (tertiary/aromatic N) is 1. The van der Waals surface area contributed by atoms with Crippen LogP contribution >= 0.6 is 0 Å². The van der Waals surface area contributed by atoms with E-state index in [9.17, 15) is 24.6 Å². The summed E-state index contributed by atoms with van der Waals surface area (Å²) in [5.41, 5.74) is 2.91. The van der Waals surface area contributed by atoms with Crippen LogP contribution in [0.2, 0.25) is 0 Å². The number of carboxylic acid groups (broad SMARTS) is 1. The largest absolute Gasteiger partial charge is 0.477 e. The minimum atomic E-state index is -1.63. The lowest BCUT2D eigenvalue weighted by Crippen LogP contribution is -2.40. The van der Waals surface area contributed by atoms with Crippen LogP contribution in [0.3, 0.4) is 0 Å². The fourth-order valence-corrected chi connectivity index (χ4v) is 3.15. The van der Waals surface area contributed by atoms with E-state index in [-0.39, 0.29) is 0 Å². The van der Waals surface area contributed by atoms with Crippen molar-refractivity contribution >= 4 is 5.97 Å². The summed E-state index contributed by atoms with van der Waals surface area (Å²) < 4.78 is 5.57. The van der Waals surface area contributed by atoms with Crippen LogP contribution in [0, 0.1) is 0 Å². The number of aromatic amines is 1. The zero-order valence-electron chi connectivity index (χ0n) is 14.7. The van der Waals surface area contributed by atoms with Crippen LogP contribution in [-0.2, 0) is 4.74 Å². The van der Waals surface area contributed by atoms with Gasteiger partial charge in [-0.25, -0.2) is 9.59 Å². The minimum Gasteiger partial charge on any atom is -0.477 e. The monoisotopic (exact) mass is 387 g/mol. The maximum Gasteiger partial charge on any atom is 0.352 e. The number of hydrogen-bond donors (Lipinski definition) is 6. The number of nitrogens with two attached hydrogens (primary N) is 1. The summed E-state index contributed by atoms with van der Waals surface area (Å²) in [4.78, 5) is 35.7. The first kappa shape index (κ1) is 21.3. The lowest BCUT2D eigenvalue weighted by Gasteiger charge is -2.19. The topological polar surface area (TPSA) is 188 Å². The first-order chi connectivity index (χ1) is 12.8. The van der Waals surface area contributed by atoms with E-state index in [0.29, 0.717) is 16.7 Å². The van der Waals surface area contributed by atoms with Crippen molar-refractivity contribution < 1.29 is 30.0 Å². The molecule has 1 aliphatic carbocycles. The smallest absolute Gasteiger partial charge is 0.352 e. The molecule has 4 atom stereocenters. The summed E-state index contributed by atoms with van der Waals surface area (Å²) in [5, 5.41) is 37.3. The van der Waals surface area contributed by atoms with Gasteiger partial charge in [0.25, 0.3) is 5.56 Å². The molecule has 0 radical (unpaired) electrons. The van der Waals surface area contributed by atoms with E-state index in [1.807, 2.05) is 4.98 Å². The van der Waals surface area contributed by atoms with E-state index >= 15 is 0 Å². The van der Waals surface area contributed by atoms with E-state index in [2.05, 4.69) is 0 Å². The van der Waals surface area contributed by atoms with Gasteiger partial charge in [0.15, 0.2) is 6.23 Å². The van der Waals surface area contributed by atoms with Gasteiger partial charge in [0.2, 0.25) is 0 Å². The quantitative estimate of drug-likeness (QED) is 0.345. The normalized spacial score (nSPS) is 28.4. The van der Waals surface area contributed by atoms with Gasteiger partial charge >= 0.3 is 11.7 Å². The van der Waals surface area contributed by atoms with Crippen LogP contribution in [0.15, 0.2) is 15.7 Å². The Morgan fingerprint density at radius 2 is 1.85 bits per heavy atom. The molecule has 1 aromatic rings. The number of aliphatic hydroxyl groups excluding tert-OH is 3. The van der Waals surface area contributed by atoms with Crippen molar-refractivity contribution in [1.29, 1.82) is 0 Å². The third kappa shape index (κ3) is 5.02. The van der Waals surface area contributed by atoms with Crippen molar-refractivity contribution in [2.24, 2.45) is 5.73 Å². The second-order valence-corrected chi connectivity index (χ2v) is 6.63. The van der Waals surface area contributed by atoms with Crippen LogP contribution in [0.5, 0.6) is 0 Å². The van der Waals surface area contributed by atoms with Crippen LogP contribution in [0.1, 0.15) is 48.8 Å². The van der Waals surface area contributed by atoms with Crippen LogP contribution < -0.4 is 17.0 Å². The molecule has 11 nitrogen and oxygen atoms in total. The molecule has 152 valence electrons. The van der Waals surface area contributed by atoms with Gasteiger partial charge in [0.1, 0.15) is 24.0 Å². The molecule has 2 fully saturated rings. The Balaban J connectivity index is 0.000000313. The number of hydrogen-bond acceptors (Lipinski definition) is 8. The fourth-order valence-electron chi connectivity index (χ4n) is 3.15. The highest BCUT2D eigenvalue weighted by Crippen LogP contribution is 2.28. The van der Waals surface area contributed by atoms with Crippen molar-refractivity contribution in [1.82, 2.24) is 9.55 Å². The van der Waals surface area contributed by atoms with Crippen molar-refractivity contribution in [3.63, 3.8) is 0 Å². The molecule has 2 heterocycles. The highest BCUT2D eigenvalue weighted by molar-refractivity contribution is 5.85. The van der Waals surface area contributed by atoms with Gasteiger partial charge in [-0.05, 0) is 12.8 Å². The van der Waals surface area contributed by atoms with Crippen LogP contribution in [-0.4, -0.2) is 66.9 Å². The maximum absolute atomic E-state index is 11.7. The summed E-state index contributed by atoms with van der Waals surface area (Å²) in [6, 6.07) is 1.19. The van der Waals surface area contributed by atoms with E-state index in [1.54, 1.807) is 0 Å². The molecule has 0 bridgehead atoms. The third-order valence-corrected chi connectivity index (χ3v) is 4.62. The number of carboxylic acids is 1. The minimum absolute atomic E-state index is 0.507. The highest BCUT2D eigenvalue weighted by Gasteiger charge is 2.44. The Morgan fingerprint density at radius 1 is 1.22 bits per heavy atom. The molecule has 2 aliphatic rings. The molecule has 1 saturated heterocycles. The fraction of sp³-hybridized carbons (Fsp3) is 0.688. The first-order valence-corrected chi connectivity index (χ1v) is 8.73. The second-order valence-electron chi connectivity index (χ2n) is 6.63. The summed E-state index contributed by atoms with van der Waals surface area (Å²) >= 11 is 0. The summed E-state index contributed by atoms with van der Waals surface area (Å²) in [6.45, 7) is -0.630. The first-order valence-electron chi connectivity index (χ1n) is 8.73. The molecule has 0 aromatic carbocycles. The van der Waals surface area contributed by atoms with Gasteiger partial charge in [0.05, 0.1) is 6.61 Å². The maximum atomic E-state index is 11.7. The number of aliphatic hydroxyl groups is 3. The SMILES string of the molecule is NC1CCCCC1.O=C(O)c1cc(=O)[nH]c(=O)n1[C@@H]1O[C@H](CO)[C@@H](O)[C@H]1O. The number of carbonyl (C=O) groups is 1. The molecule has 3 rings (SSSR count). The lowest BCUT2D eigenvalue weighted by molar-refractivity contribution is -0.0562. The van der Waals surface area contributed by atoms with E-state index < -0.39 is 54.1 Å². The Morgan fingerprint density at radius 3 is 2.30 bits per heavy atom. The van der Waals surface area contributed by atoms with Crippen molar-refractivity contribution in [3.05, 3.63) is 32.6 Å². The molecular formula is C16H25N3O8. The predicted molar refractivity (Wildman–Crippen MR) is 92.4 cm³/mol. The number of aromatic nitrogens is 2. The Kier molecular flexibility index (Phi) is 7.27. The Labute approximate surface area is 154 Å². The summed E-state index contributed by atoms with van der Waals surface area (Å²) in [5.74, 6) is -1.58. The number of H-pyrrole nitrogens is 1. The van der Waals surface area contributed by atoms with Gasteiger partial charge < -0.3 is 30.9 Å². The van der Waals surface area contributed by atoms with Gasteiger partial charge in [-0.15, -0.1) is 0 Å². The number of aromatic carboxylic acids is 1. The molecule has 0 spiro atoms. The molecule has 11 heteroatoms.